The maximum atomic E-state index is 11.8. The van der Waals surface area contributed by atoms with Gasteiger partial charge in [-0.2, -0.15) is 5.26 Å². The first-order valence-electron chi connectivity index (χ1n) is 18.2. The van der Waals surface area contributed by atoms with Gasteiger partial charge in [0.15, 0.2) is 0 Å². The van der Waals surface area contributed by atoms with Gasteiger partial charge in [0.05, 0.1) is 17.2 Å². The molecule has 0 unspecified atom stereocenters. The highest BCUT2D eigenvalue weighted by Crippen LogP contribution is 2.37. The van der Waals surface area contributed by atoms with Gasteiger partial charge in [0.25, 0.3) is 0 Å². The van der Waals surface area contributed by atoms with Crippen LogP contribution in [0.3, 0.4) is 0 Å². The van der Waals surface area contributed by atoms with Crippen LogP contribution in [0, 0.1) is 25.2 Å². The van der Waals surface area contributed by atoms with Crippen LogP contribution in [0.25, 0.3) is 22.3 Å². The molecule has 1 heterocycles. The summed E-state index contributed by atoms with van der Waals surface area (Å²) in [6.45, 7) is 8.78. The molecule has 0 bridgehead atoms. The second kappa shape index (κ2) is 19.2. The van der Waals surface area contributed by atoms with E-state index in [1.54, 1.807) is 24.4 Å². The lowest BCUT2D eigenvalue weighted by atomic mass is 9.89. The van der Waals surface area contributed by atoms with Gasteiger partial charge >= 0.3 is 5.97 Å². The lowest BCUT2D eigenvalue weighted by Crippen LogP contribution is -2.52. The Morgan fingerprint density at radius 2 is 1.54 bits per heavy atom. The number of nitrogens with one attached hydrogen (secondary N) is 3. The zero-order valence-corrected chi connectivity index (χ0v) is 32.7. The third-order valence-corrected chi connectivity index (χ3v) is 9.91. The molecule has 1 atom stereocenters. The largest absolute Gasteiger partial charge is 0.488 e. The van der Waals surface area contributed by atoms with Crippen LogP contribution < -0.4 is 25.4 Å². The molecule has 4 aromatic carbocycles. The number of amides is 1. The number of carboxylic acids is 1. The molecule has 56 heavy (non-hydrogen) atoms. The summed E-state index contributed by atoms with van der Waals surface area (Å²) in [6.07, 6.45) is 3.06. The minimum atomic E-state index is -1.59. The zero-order chi connectivity index (χ0) is 40.2. The molecule has 1 aromatic heterocycles. The van der Waals surface area contributed by atoms with Gasteiger partial charge in [0.2, 0.25) is 5.91 Å². The van der Waals surface area contributed by atoms with E-state index in [9.17, 15) is 25.1 Å². The third kappa shape index (κ3) is 10.5. The number of pyridine rings is 1. The third-order valence-electron chi connectivity index (χ3n) is 9.61. The van der Waals surface area contributed by atoms with Crippen LogP contribution in [-0.2, 0) is 35.9 Å². The molecule has 290 valence electrons. The van der Waals surface area contributed by atoms with Crippen molar-refractivity contribution in [3.05, 3.63) is 135 Å². The molecule has 5 N–H and O–H groups in total. The molecule has 1 amide bonds. The summed E-state index contributed by atoms with van der Waals surface area (Å²) < 4.78 is 12.5. The lowest BCUT2D eigenvalue weighted by molar-refractivity contribution is -0.146. The Morgan fingerprint density at radius 1 is 0.839 bits per heavy atom. The fraction of sp³-hybridized carbons (Fsp3) is 0.273. The van der Waals surface area contributed by atoms with Crippen LogP contribution in [0.1, 0.15) is 52.8 Å². The number of carbonyl (C=O) groups is 2. The Bertz CT molecular complexity index is 2220. The summed E-state index contributed by atoms with van der Waals surface area (Å²) in [5.41, 5.74) is 8.80. The predicted octanol–water partition coefficient (Wildman–Crippen LogP) is 6.87. The smallest absolute Gasteiger partial charge is 0.326 e. The maximum absolute atomic E-state index is 11.8. The van der Waals surface area contributed by atoms with Crippen molar-refractivity contribution in [2.75, 3.05) is 19.7 Å². The van der Waals surface area contributed by atoms with E-state index in [0.717, 1.165) is 44.5 Å². The highest BCUT2D eigenvalue weighted by Gasteiger charge is 2.32. The number of halogens is 1. The van der Waals surface area contributed by atoms with E-state index in [0.29, 0.717) is 52.8 Å². The number of aliphatic hydroxyl groups is 1. The number of aliphatic carboxylic acids is 1. The number of rotatable bonds is 18. The van der Waals surface area contributed by atoms with Crippen LogP contribution in [-0.4, -0.2) is 52.3 Å². The van der Waals surface area contributed by atoms with Gasteiger partial charge in [-0.3, -0.25) is 19.9 Å². The Kier molecular flexibility index (Phi) is 14.2. The second-order valence-corrected chi connectivity index (χ2v) is 14.1. The Hall–Kier alpha value is -5.77. The Morgan fingerprint density at radius 3 is 2.23 bits per heavy atom. The summed E-state index contributed by atoms with van der Waals surface area (Å²) >= 11 is 6.75. The molecule has 0 fully saturated rings. The van der Waals surface area contributed by atoms with Crippen LogP contribution in [0.15, 0.2) is 91.3 Å². The van der Waals surface area contributed by atoms with Crippen molar-refractivity contribution in [1.82, 2.24) is 20.9 Å². The van der Waals surface area contributed by atoms with E-state index in [-0.39, 0.29) is 25.7 Å². The number of carbonyl (C=O) groups excluding carboxylic acids is 1. The Balaban J connectivity index is 1.35. The second-order valence-electron chi connectivity index (χ2n) is 13.7. The number of nitrogens with zero attached hydrogens (tertiary/aromatic N) is 2. The number of ether oxygens (including phenoxy) is 2. The van der Waals surface area contributed by atoms with Gasteiger partial charge in [-0.05, 0) is 77.4 Å². The number of aliphatic hydroxyl groups excluding tert-OH is 1. The minimum Gasteiger partial charge on any atom is -0.488 e. The van der Waals surface area contributed by atoms with Crippen molar-refractivity contribution in [2.45, 2.75) is 59.5 Å². The van der Waals surface area contributed by atoms with Gasteiger partial charge in [0.1, 0.15) is 36.3 Å². The van der Waals surface area contributed by atoms with Gasteiger partial charge in [-0.1, -0.05) is 72.3 Å². The van der Waals surface area contributed by atoms with Crippen LogP contribution in [0.2, 0.25) is 5.02 Å². The fourth-order valence-corrected chi connectivity index (χ4v) is 6.37. The van der Waals surface area contributed by atoms with Gasteiger partial charge in [0, 0.05) is 62.7 Å². The monoisotopic (exact) mass is 775 g/mol. The van der Waals surface area contributed by atoms with Gasteiger partial charge in [-0.15, -0.1) is 0 Å². The van der Waals surface area contributed by atoms with Crippen molar-refractivity contribution < 1.29 is 29.3 Å². The maximum Gasteiger partial charge on any atom is 0.326 e. The number of benzene rings is 4. The molecule has 0 spiro atoms. The summed E-state index contributed by atoms with van der Waals surface area (Å²) in [5, 5.41) is 38.1. The van der Waals surface area contributed by atoms with Crippen molar-refractivity contribution >= 4 is 23.5 Å². The van der Waals surface area contributed by atoms with Crippen molar-refractivity contribution in [3.8, 4) is 39.8 Å². The number of hydrogen-bond donors (Lipinski definition) is 5. The van der Waals surface area contributed by atoms with E-state index in [1.807, 2.05) is 12.1 Å². The van der Waals surface area contributed by atoms with Crippen molar-refractivity contribution in [1.29, 1.82) is 5.26 Å². The summed E-state index contributed by atoms with van der Waals surface area (Å²) in [5.74, 6) is -0.491. The predicted molar refractivity (Wildman–Crippen MR) is 216 cm³/mol. The van der Waals surface area contributed by atoms with Crippen LogP contribution in [0.5, 0.6) is 11.5 Å². The molecular weight excluding hydrogens is 730 g/mol. The summed E-state index contributed by atoms with van der Waals surface area (Å²) in [4.78, 5) is 27.0. The number of nitriles is 1. The zero-order valence-electron chi connectivity index (χ0n) is 31.9. The van der Waals surface area contributed by atoms with Crippen molar-refractivity contribution in [3.63, 3.8) is 0 Å². The molecule has 0 saturated heterocycles. The SMILES string of the molecule is CC(=O)NCCNCc1ccc(-c2cccc(-c3cccc(COc4cc(OCc5cncc(C#N)c5)c(CN[C@@](C)(CO)C(=O)O)cc4Cl)c3C)c2C)cc1. The number of aromatic nitrogens is 1. The molecule has 5 aromatic rings. The Labute approximate surface area is 332 Å². The number of carboxylic acid groups (broad SMARTS) is 1. The molecule has 0 aliphatic rings. The molecule has 0 aliphatic carbocycles. The first-order chi connectivity index (χ1) is 26.9. The number of hydrogen-bond acceptors (Lipinski definition) is 9. The topological polar surface area (TPSA) is 166 Å². The summed E-state index contributed by atoms with van der Waals surface area (Å²) in [7, 11) is 0. The molecule has 0 aliphatic heterocycles. The molecular formula is C44H46ClN5O6. The fourth-order valence-electron chi connectivity index (χ4n) is 6.13. The van der Waals surface area contributed by atoms with Gasteiger partial charge in [-0.25, -0.2) is 0 Å². The molecule has 0 radical (unpaired) electrons. The molecule has 11 nitrogen and oxygen atoms in total. The van der Waals surface area contributed by atoms with Crippen LogP contribution in [0.4, 0.5) is 0 Å². The van der Waals surface area contributed by atoms with Crippen LogP contribution >= 0.6 is 11.6 Å². The van der Waals surface area contributed by atoms with E-state index in [4.69, 9.17) is 21.1 Å². The minimum absolute atomic E-state index is 0.0250. The molecule has 5 rings (SSSR count). The quantitative estimate of drug-likeness (QED) is 0.0594. The lowest BCUT2D eigenvalue weighted by Gasteiger charge is -2.25. The normalized spacial score (nSPS) is 12.0. The highest BCUT2D eigenvalue weighted by molar-refractivity contribution is 6.32. The highest BCUT2D eigenvalue weighted by atomic mass is 35.5. The first kappa shape index (κ1) is 41.4. The van der Waals surface area contributed by atoms with E-state index >= 15 is 0 Å². The average molecular weight is 776 g/mol. The van der Waals surface area contributed by atoms with Crippen molar-refractivity contribution in [2.24, 2.45) is 0 Å². The van der Waals surface area contributed by atoms with E-state index < -0.39 is 18.1 Å². The van der Waals surface area contributed by atoms with E-state index in [2.05, 4.69) is 89.4 Å². The molecule has 0 saturated carbocycles. The van der Waals surface area contributed by atoms with Gasteiger partial charge < -0.3 is 30.3 Å². The molecule has 12 heteroatoms. The standard InChI is InChI=1S/C44H46ClN5O6/c1-28-35(7-5-9-38(28)39-10-6-8-37(29(39)2)34-13-11-31(12-14-34)21-47-15-16-49-30(3)52)26-56-42-19-41(55-25-33-17-32(20-46)22-48-23-33)36(18-40(42)45)24-50-44(4,27-51)43(53)54/h5-14,17-19,22-23,47,50-51H,15-16,21,24-27H2,1-4H3,(H,49,52)(H,53,54)/t44-/m0/s1. The summed E-state index contributed by atoms with van der Waals surface area (Å²) in [6, 6.07) is 28.0. The first-order valence-corrected chi connectivity index (χ1v) is 18.5. The average Bonchev–Trinajstić information content (AvgIpc) is 3.19. The van der Waals surface area contributed by atoms with E-state index in [1.165, 1.54) is 20.0 Å².